The van der Waals surface area contributed by atoms with Gasteiger partial charge in [0.25, 0.3) is 0 Å². The molecule has 1 heterocycles. The van der Waals surface area contributed by atoms with E-state index < -0.39 is 0 Å². The molecular weight excluding hydrogens is 232 g/mol. The molecule has 0 aliphatic heterocycles. The predicted molar refractivity (Wildman–Crippen MR) is 79.9 cm³/mol. The van der Waals surface area contributed by atoms with Gasteiger partial charge in [0.2, 0.25) is 0 Å². The fourth-order valence-electron chi connectivity index (χ4n) is 3.36. The maximum atomic E-state index is 6.57. The average molecular weight is 254 g/mol. The third kappa shape index (κ3) is 2.37. The first-order valence-electron chi connectivity index (χ1n) is 7.29. The Balaban J connectivity index is 1.94. The minimum Gasteiger partial charge on any atom is -0.323 e. The maximum absolute atomic E-state index is 6.57. The third-order valence-electron chi connectivity index (χ3n) is 4.73. The second-order valence-electron chi connectivity index (χ2n) is 6.15. The lowest BCUT2D eigenvalue weighted by Crippen LogP contribution is -2.33. The summed E-state index contributed by atoms with van der Waals surface area (Å²) in [6.07, 6.45) is 8.34. The van der Waals surface area contributed by atoms with Crippen LogP contribution in [0.25, 0.3) is 10.9 Å². The van der Waals surface area contributed by atoms with Gasteiger partial charge in [0.1, 0.15) is 0 Å². The van der Waals surface area contributed by atoms with E-state index in [2.05, 4.69) is 36.2 Å². The average Bonchev–Trinajstić information content (AvgIpc) is 2.47. The van der Waals surface area contributed by atoms with Gasteiger partial charge in [-0.15, -0.1) is 0 Å². The van der Waals surface area contributed by atoms with Crippen molar-refractivity contribution in [3.63, 3.8) is 0 Å². The monoisotopic (exact) mass is 254 g/mol. The molecule has 0 saturated heterocycles. The van der Waals surface area contributed by atoms with E-state index in [4.69, 9.17) is 5.73 Å². The van der Waals surface area contributed by atoms with Crippen LogP contribution in [-0.2, 0) is 0 Å². The molecule has 1 saturated carbocycles. The summed E-state index contributed by atoms with van der Waals surface area (Å²) in [6, 6.07) is 10.7. The van der Waals surface area contributed by atoms with Crippen LogP contribution in [0.4, 0.5) is 0 Å². The fourth-order valence-corrected chi connectivity index (χ4v) is 3.36. The van der Waals surface area contributed by atoms with Gasteiger partial charge < -0.3 is 5.73 Å². The Bertz CT molecular complexity index is 570. The third-order valence-corrected chi connectivity index (χ3v) is 4.73. The topological polar surface area (TPSA) is 38.9 Å². The van der Waals surface area contributed by atoms with Crippen molar-refractivity contribution in [3.8, 4) is 0 Å². The molecule has 0 spiro atoms. The summed E-state index contributed by atoms with van der Waals surface area (Å²) < 4.78 is 0. The van der Waals surface area contributed by atoms with Gasteiger partial charge in [0.05, 0.1) is 5.52 Å². The van der Waals surface area contributed by atoms with Crippen molar-refractivity contribution in [3.05, 3.63) is 42.1 Å². The van der Waals surface area contributed by atoms with E-state index in [-0.39, 0.29) is 11.5 Å². The van der Waals surface area contributed by atoms with Crippen molar-refractivity contribution in [2.45, 2.75) is 45.1 Å². The highest BCUT2D eigenvalue weighted by Gasteiger charge is 2.34. The summed E-state index contributed by atoms with van der Waals surface area (Å²) in [4.78, 5) is 4.37. The second kappa shape index (κ2) is 4.93. The number of fused-ring (bicyclic) bond motifs is 1. The van der Waals surface area contributed by atoms with Gasteiger partial charge in [-0.05, 0) is 42.0 Å². The molecule has 2 N–H and O–H groups in total. The Morgan fingerprint density at radius 3 is 2.74 bits per heavy atom. The highest BCUT2D eigenvalue weighted by atomic mass is 14.7. The van der Waals surface area contributed by atoms with Crippen LogP contribution < -0.4 is 5.73 Å². The molecule has 2 heteroatoms. The van der Waals surface area contributed by atoms with E-state index >= 15 is 0 Å². The molecule has 0 bridgehead atoms. The van der Waals surface area contributed by atoms with E-state index in [0.29, 0.717) is 0 Å². The van der Waals surface area contributed by atoms with Gasteiger partial charge in [0.15, 0.2) is 0 Å². The van der Waals surface area contributed by atoms with Crippen LogP contribution in [0, 0.1) is 5.41 Å². The summed E-state index contributed by atoms with van der Waals surface area (Å²) in [5, 5.41) is 1.19. The molecule has 2 aromatic rings. The van der Waals surface area contributed by atoms with Crippen molar-refractivity contribution in [2.75, 3.05) is 0 Å². The largest absolute Gasteiger partial charge is 0.323 e. The minimum absolute atomic E-state index is 0.136. The molecule has 1 atom stereocenters. The zero-order chi connectivity index (χ0) is 13.3. The van der Waals surface area contributed by atoms with Gasteiger partial charge in [-0.3, -0.25) is 4.98 Å². The number of benzene rings is 1. The van der Waals surface area contributed by atoms with E-state index in [1.165, 1.54) is 43.1 Å². The molecule has 1 aliphatic rings. The van der Waals surface area contributed by atoms with Crippen molar-refractivity contribution in [1.82, 2.24) is 4.98 Å². The zero-order valence-electron chi connectivity index (χ0n) is 11.6. The first-order valence-corrected chi connectivity index (χ1v) is 7.29. The number of nitrogens with two attached hydrogens (primary N) is 1. The number of hydrogen-bond donors (Lipinski definition) is 1. The molecule has 2 nitrogen and oxygen atoms in total. The maximum Gasteiger partial charge on any atom is 0.0702 e. The van der Waals surface area contributed by atoms with Crippen LogP contribution in [-0.4, -0.2) is 4.98 Å². The lowest BCUT2D eigenvalue weighted by molar-refractivity contribution is 0.170. The fraction of sp³-hybridized carbons (Fsp3) is 0.471. The lowest BCUT2D eigenvalue weighted by Gasteiger charge is -2.39. The van der Waals surface area contributed by atoms with Gasteiger partial charge in [-0.1, -0.05) is 38.3 Å². The molecule has 1 fully saturated rings. The summed E-state index contributed by atoms with van der Waals surface area (Å²) in [6.45, 7) is 2.35. The van der Waals surface area contributed by atoms with Crippen molar-refractivity contribution < 1.29 is 0 Å². The molecule has 0 amide bonds. The van der Waals surface area contributed by atoms with E-state index in [1.807, 2.05) is 12.3 Å². The second-order valence-corrected chi connectivity index (χ2v) is 6.15. The number of nitrogens with zero attached hydrogens (tertiary/aromatic N) is 1. The number of rotatable bonds is 2. The Hall–Kier alpha value is -1.41. The Morgan fingerprint density at radius 1 is 1.16 bits per heavy atom. The molecular formula is C17H22N2. The molecule has 3 rings (SSSR count). The van der Waals surface area contributed by atoms with Gasteiger partial charge in [0, 0.05) is 17.6 Å². The molecule has 19 heavy (non-hydrogen) atoms. The lowest BCUT2D eigenvalue weighted by atomic mass is 9.69. The van der Waals surface area contributed by atoms with E-state index in [9.17, 15) is 0 Å². The number of aromatic nitrogens is 1. The van der Waals surface area contributed by atoms with Crippen LogP contribution in [0.15, 0.2) is 36.5 Å². The quantitative estimate of drug-likeness (QED) is 0.872. The molecule has 0 radical (unpaired) electrons. The molecule has 1 aromatic carbocycles. The number of hydrogen-bond acceptors (Lipinski definition) is 2. The van der Waals surface area contributed by atoms with Crippen molar-refractivity contribution in [2.24, 2.45) is 11.1 Å². The van der Waals surface area contributed by atoms with Gasteiger partial charge in [-0.2, -0.15) is 0 Å². The van der Waals surface area contributed by atoms with Crippen molar-refractivity contribution in [1.29, 1.82) is 0 Å². The smallest absolute Gasteiger partial charge is 0.0702 e. The summed E-state index contributed by atoms with van der Waals surface area (Å²) >= 11 is 0. The van der Waals surface area contributed by atoms with Crippen LogP contribution in [0.2, 0.25) is 0 Å². The Kier molecular flexibility index (Phi) is 3.28. The molecule has 1 aromatic heterocycles. The van der Waals surface area contributed by atoms with Gasteiger partial charge >= 0.3 is 0 Å². The Morgan fingerprint density at radius 2 is 1.95 bits per heavy atom. The zero-order valence-corrected chi connectivity index (χ0v) is 11.6. The van der Waals surface area contributed by atoms with Crippen LogP contribution in [0.5, 0.6) is 0 Å². The van der Waals surface area contributed by atoms with E-state index in [0.717, 1.165) is 5.52 Å². The first-order chi connectivity index (χ1) is 9.19. The summed E-state index contributed by atoms with van der Waals surface area (Å²) in [7, 11) is 0. The summed E-state index contributed by atoms with van der Waals surface area (Å²) in [5.41, 5.74) is 9.14. The molecule has 1 unspecified atom stereocenters. The van der Waals surface area contributed by atoms with E-state index in [1.54, 1.807) is 0 Å². The first kappa shape index (κ1) is 12.6. The predicted octanol–water partition coefficient (Wildman–Crippen LogP) is 4.21. The standard InChI is InChI=1S/C17H22N2/c1-17(9-3-2-4-10-17)16(18)14-7-8-15-13(12-14)6-5-11-19-15/h5-8,11-12,16H,2-4,9-10,18H2,1H3. The molecule has 1 aliphatic carbocycles. The normalized spacial score (nSPS) is 20.3. The van der Waals surface area contributed by atoms with Crippen molar-refractivity contribution >= 4 is 10.9 Å². The molecule has 100 valence electrons. The SMILES string of the molecule is CC1(C(N)c2ccc3ncccc3c2)CCCCC1. The van der Waals surface area contributed by atoms with Crippen LogP contribution >= 0.6 is 0 Å². The van der Waals surface area contributed by atoms with Crippen LogP contribution in [0.1, 0.15) is 50.6 Å². The minimum atomic E-state index is 0.136. The highest BCUT2D eigenvalue weighted by Crippen LogP contribution is 2.44. The number of pyridine rings is 1. The van der Waals surface area contributed by atoms with Crippen LogP contribution in [0.3, 0.4) is 0 Å². The van der Waals surface area contributed by atoms with Gasteiger partial charge in [-0.25, -0.2) is 0 Å². The summed E-state index contributed by atoms with van der Waals surface area (Å²) in [5.74, 6) is 0. The Labute approximate surface area is 115 Å². The highest BCUT2D eigenvalue weighted by molar-refractivity contribution is 5.79.